The highest BCUT2D eigenvalue weighted by Gasteiger charge is 2.41. The first-order valence-corrected chi connectivity index (χ1v) is 15.8. The number of Topliss-reactive ketones (excluding diaryl/α,β-unsaturated/α-hetero) is 6. The highest BCUT2D eigenvalue weighted by atomic mass is 16.2. The van der Waals surface area contributed by atoms with Crippen molar-refractivity contribution >= 4 is 57.9 Å². The number of ketones is 6. The van der Waals surface area contributed by atoms with Gasteiger partial charge in [0.05, 0.1) is 34.6 Å². The lowest BCUT2D eigenvalue weighted by Gasteiger charge is -2.26. The van der Waals surface area contributed by atoms with Crippen LogP contribution in [0.5, 0.6) is 0 Å². The first kappa shape index (κ1) is 39.4. The van der Waals surface area contributed by atoms with E-state index in [0.29, 0.717) is 11.4 Å². The predicted octanol–water partition coefficient (Wildman–Crippen LogP) is 4.91. The van der Waals surface area contributed by atoms with Crippen LogP contribution in [0.1, 0.15) is 93.9 Å². The fraction of sp³-hybridized carbons (Fsp3) is 0.500. The molecule has 0 aromatic carbocycles. The van der Waals surface area contributed by atoms with E-state index in [9.17, 15) is 38.4 Å². The molecule has 0 aliphatic heterocycles. The third kappa shape index (κ3) is 9.88. The number of carbonyl (C=O) groups is 8. The number of pyridine rings is 2. The van der Waals surface area contributed by atoms with Crippen molar-refractivity contribution in [3.8, 4) is 0 Å². The van der Waals surface area contributed by atoms with Crippen molar-refractivity contribution in [1.82, 2.24) is 9.97 Å². The summed E-state index contributed by atoms with van der Waals surface area (Å²) in [5.41, 5.74) is -5.06. The number of anilines is 2. The minimum absolute atomic E-state index is 0.260. The number of rotatable bonds is 19. The molecule has 0 aliphatic rings. The number of hydrogen-bond donors (Lipinski definition) is 2. The van der Waals surface area contributed by atoms with Crippen molar-refractivity contribution in [2.24, 2.45) is 21.7 Å². The van der Waals surface area contributed by atoms with E-state index in [1.807, 2.05) is 0 Å². The van der Waals surface area contributed by atoms with Crippen molar-refractivity contribution in [1.29, 1.82) is 0 Å². The first-order valence-electron chi connectivity index (χ1n) is 15.8. The topological polar surface area (TPSA) is 186 Å². The van der Waals surface area contributed by atoms with E-state index < -0.39 is 68.2 Å². The van der Waals surface area contributed by atoms with Gasteiger partial charge in [0, 0.05) is 50.9 Å². The quantitative estimate of drug-likeness (QED) is 0.196. The number of nitrogens with one attached hydrogen (secondary N) is 2. The van der Waals surface area contributed by atoms with Gasteiger partial charge in [-0.2, -0.15) is 0 Å². The molecule has 0 atom stereocenters. The maximum atomic E-state index is 13.1. The minimum atomic E-state index is -1.51. The molecule has 12 nitrogen and oxygen atoms in total. The Balaban J connectivity index is 1.89. The van der Waals surface area contributed by atoms with Gasteiger partial charge in [-0.1, -0.05) is 0 Å². The van der Waals surface area contributed by atoms with E-state index in [1.165, 1.54) is 67.8 Å². The fourth-order valence-electron chi connectivity index (χ4n) is 4.57. The SMILES string of the molecule is CC(C)(C(=O)CCC(=O)C(C)(C)C(=O)CCC(=O)C(C)(C)C(=O)Nc1cccnc1)C(=O)CCC(=O)C(C)(C)C(=O)Nc1cccnc1. The summed E-state index contributed by atoms with van der Waals surface area (Å²) in [6.07, 6.45) is 4.28. The molecule has 2 aromatic rings. The minimum Gasteiger partial charge on any atom is -0.324 e. The fourth-order valence-corrected chi connectivity index (χ4v) is 4.57. The van der Waals surface area contributed by atoms with Gasteiger partial charge in [0.1, 0.15) is 45.5 Å². The molecule has 0 aliphatic carbocycles. The zero-order valence-electron chi connectivity index (χ0n) is 29.0. The standard InChI is InChI=1S/C36H46N4O8/c1-33(2,27(43)15-17-29(45)35(5,6)31(47)39-23-11-9-19-37-21-23)25(41)13-14-26(42)34(3,4)28(44)16-18-30(46)36(7,8)32(48)40-24-12-10-20-38-22-24/h9-12,19-22H,13-18H2,1-8H3,(H,39,47)(H,40,48). The van der Waals surface area contributed by atoms with Crippen molar-refractivity contribution in [3.63, 3.8) is 0 Å². The summed E-state index contributed by atoms with van der Waals surface area (Å²) in [6.45, 7) is 11.5. The number of amides is 2. The highest BCUT2D eigenvalue weighted by molar-refractivity contribution is 6.14. The molecule has 0 unspecified atom stereocenters. The number of carbonyl (C=O) groups excluding carboxylic acids is 8. The van der Waals surface area contributed by atoms with Crippen molar-refractivity contribution < 1.29 is 38.4 Å². The molecule has 0 bridgehead atoms. The lowest BCUT2D eigenvalue weighted by molar-refractivity contribution is -0.144. The average molecular weight is 663 g/mol. The lowest BCUT2D eigenvalue weighted by Crippen LogP contribution is -2.40. The second-order valence-electron chi connectivity index (χ2n) is 13.9. The van der Waals surface area contributed by atoms with Gasteiger partial charge in [-0.3, -0.25) is 48.3 Å². The van der Waals surface area contributed by atoms with Gasteiger partial charge in [-0.25, -0.2) is 0 Å². The van der Waals surface area contributed by atoms with Crippen LogP contribution in [-0.2, 0) is 38.4 Å². The Bertz CT molecular complexity index is 1440. The van der Waals surface area contributed by atoms with Crippen LogP contribution in [0.4, 0.5) is 11.4 Å². The summed E-state index contributed by atoms with van der Waals surface area (Å²) in [4.78, 5) is 111. The molecule has 0 spiro atoms. The summed E-state index contributed by atoms with van der Waals surface area (Å²) in [5, 5.41) is 5.25. The average Bonchev–Trinajstić information content (AvgIpc) is 3.04. The molecule has 2 amide bonds. The second-order valence-corrected chi connectivity index (χ2v) is 13.9. The number of aromatic nitrogens is 2. The molecule has 2 rings (SSSR count). The Hall–Kier alpha value is -4.74. The third-order valence-corrected chi connectivity index (χ3v) is 8.89. The number of nitrogens with zero attached hydrogens (tertiary/aromatic N) is 2. The molecule has 12 heteroatoms. The molecular formula is C36H46N4O8. The van der Waals surface area contributed by atoms with E-state index in [0.717, 1.165) is 0 Å². The molecule has 0 saturated carbocycles. The molecule has 2 heterocycles. The summed E-state index contributed by atoms with van der Waals surface area (Å²) in [6, 6.07) is 6.52. The van der Waals surface area contributed by atoms with E-state index in [1.54, 1.807) is 36.7 Å². The Morgan fingerprint density at radius 3 is 0.938 bits per heavy atom. The first-order chi connectivity index (χ1) is 22.1. The zero-order valence-corrected chi connectivity index (χ0v) is 29.0. The monoisotopic (exact) mass is 662 g/mol. The van der Waals surface area contributed by atoms with Crippen LogP contribution < -0.4 is 10.6 Å². The lowest BCUT2D eigenvalue weighted by atomic mass is 9.75. The van der Waals surface area contributed by atoms with Crippen LogP contribution in [0.3, 0.4) is 0 Å². The van der Waals surface area contributed by atoms with Crippen LogP contribution in [0.15, 0.2) is 49.1 Å². The van der Waals surface area contributed by atoms with Crippen molar-refractivity contribution in [2.45, 2.75) is 93.9 Å². The van der Waals surface area contributed by atoms with Gasteiger partial charge in [0.2, 0.25) is 11.8 Å². The largest absolute Gasteiger partial charge is 0.324 e. The maximum absolute atomic E-state index is 13.1. The van der Waals surface area contributed by atoms with Gasteiger partial charge < -0.3 is 10.6 Å². The van der Waals surface area contributed by atoms with Gasteiger partial charge in [-0.05, 0) is 79.7 Å². The smallest absolute Gasteiger partial charge is 0.237 e. The summed E-state index contributed by atoms with van der Waals surface area (Å²) < 4.78 is 0. The van der Waals surface area contributed by atoms with Gasteiger partial charge in [0.25, 0.3) is 0 Å². The highest BCUT2D eigenvalue weighted by Crippen LogP contribution is 2.30. The van der Waals surface area contributed by atoms with Crippen molar-refractivity contribution in [2.75, 3.05) is 10.6 Å². The molecule has 2 N–H and O–H groups in total. The third-order valence-electron chi connectivity index (χ3n) is 8.89. The van der Waals surface area contributed by atoms with E-state index in [2.05, 4.69) is 20.6 Å². The van der Waals surface area contributed by atoms with Gasteiger partial charge >= 0.3 is 0 Å². The Morgan fingerprint density at radius 2 is 0.708 bits per heavy atom. The Labute approximate surface area is 281 Å². The second kappa shape index (κ2) is 15.9. The van der Waals surface area contributed by atoms with Crippen molar-refractivity contribution in [3.05, 3.63) is 49.1 Å². The molecule has 48 heavy (non-hydrogen) atoms. The van der Waals surface area contributed by atoms with Crippen LogP contribution in [0, 0.1) is 21.7 Å². The maximum Gasteiger partial charge on any atom is 0.237 e. The van der Waals surface area contributed by atoms with E-state index in [-0.39, 0.29) is 38.5 Å². The Morgan fingerprint density at radius 1 is 0.458 bits per heavy atom. The molecule has 2 aromatic heterocycles. The van der Waals surface area contributed by atoms with E-state index >= 15 is 0 Å². The molecule has 258 valence electrons. The molecule has 0 fully saturated rings. The predicted molar refractivity (Wildman–Crippen MR) is 179 cm³/mol. The summed E-state index contributed by atoms with van der Waals surface area (Å²) >= 11 is 0. The van der Waals surface area contributed by atoms with Crippen LogP contribution in [0.25, 0.3) is 0 Å². The molecule has 0 radical (unpaired) electrons. The van der Waals surface area contributed by atoms with Crippen LogP contribution in [-0.4, -0.2) is 56.5 Å². The van der Waals surface area contributed by atoms with E-state index in [4.69, 9.17) is 0 Å². The molecular weight excluding hydrogens is 616 g/mol. The van der Waals surface area contributed by atoms with Gasteiger partial charge in [-0.15, -0.1) is 0 Å². The zero-order chi connectivity index (χ0) is 36.5. The van der Waals surface area contributed by atoms with Crippen LogP contribution in [0.2, 0.25) is 0 Å². The number of hydrogen-bond acceptors (Lipinski definition) is 10. The molecule has 0 saturated heterocycles. The Kier molecular flexibility index (Phi) is 13.1. The summed E-state index contributed by atoms with van der Waals surface area (Å²) in [5.74, 6) is -4.15. The normalized spacial score (nSPS) is 12.1. The van der Waals surface area contributed by atoms with Gasteiger partial charge in [0.15, 0.2) is 0 Å². The summed E-state index contributed by atoms with van der Waals surface area (Å²) in [7, 11) is 0. The van der Waals surface area contributed by atoms with Crippen LogP contribution >= 0.6 is 0 Å².